The molecule has 8 heteroatoms. The van der Waals surface area contributed by atoms with E-state index in [1.165, 1.54) is 0 Å². The Labute approximate surface area is 161 Å². The molecule has 0 radical (unpaired) electrons. The van der Waals surface area contributed by atoms with Gasteiger partial charge in [-0.2, -0.15) is 5.10 Å². The molecule has 1 unspecified atom stereocenters. The van der Waals surface area contributed by atoms with E-state index in [-0.39, 0.29) is 6.54 Å². The summed E-state index contributed by atoms with van der Waals surface area (Å²) in [5.41, 5.74) is 7.46. The Hall–Kier alpha value is -3.57. The van der Waals surface area contributed by atoms with Crippen LogP contribution >= 0.6 is 0 Å². The molecule has 4 rings (SSSR count). The summed E-state index contributed by atoms with van der Waals surface area (Å²) in [6.07, 6.45) is 4.32. The van der Waals surface area contributed by atoms with Crippen LogP contribution in [-0.4, -0.2) is 42.5 Å². The van der Waals surface area contributed by atoms with Crippen molar-refractivity contribution in [2.45, 2.75) is 32.1 Å². The number of amides is 1. The lowest BCUT2D eigenvalue weighted by Crippen LogP contribution is -2.36. The Bertz CT molecular complexity index is 1100. The lowest BCUT2D eigenvalue weighted by atomic mass is 10.1. The van der Waals surface area contributed by atoms with Crippen LogP contribution in [0, 0.1) is 11.8 Å². The van der Waals surface area contributed by atoms with Crippen molar-refractivity contribution in [2.75, 3.05) is 0 Å². The fraction of sp³-hybridized carbons (Fsp3) is 0.250. The number of fused-ring (bicyclic) bond motifs is 3. The van der Waals surface area contributed by atoms with Gasteiger partial charge in [-0.15, -0.1) is 0 Å². The quantitative estimate of drug-likeness (QED) is 0.582. The molecule has 4 N–H and O–H groups in total. The maximum Gasteiger partial charge on any atom is 0.260 e. The van der Waals surface area contributed by atoms with Gasteiger partial charge < -0.3 is 20.1 Å². The molecule has 2 aromatic heterocycles. The molecule has 1 atom stereocenters. The predicted octanol–water partition coefficient (Wildman–Crippen LogP) is 1.31. The SMILES string of the molecule is CC(C)(O)C#Cc1ccc2c(c1)-c1ncc(-c3cn[nH]c3)n1CC(C(N)=O)O2. The van der Waals surface area contributed by atoms with Gasteiger partial charge >= 0.3 is 0 Å². The van der Waals surface area contributed by atoms with Crippen molar-refractivity contribution in [1.82, 2.24) is 19.7 Å². The van der Waals surface area contributed by atoms with E-state index >= 15 is 0 Å². The molecule has 1 aliphatic rings. The Morgan fingerprint density at radius 2 is 2.25 bits per heavy atom. The number of hydrogen-bond donors (Lipinski definition) is 3. The molecule has 142 valence electrons. The first-order valence-corrected chi connectivity index (χ1v) is 8.72. The second-order valence-electron chi connectivity index (χ2n) is 7.09. The highest BCUT2D eigenvalue weighted by molar-refractivity contribution is 5.81. The van der Waals surface area contributed by atoms with Gasteiger partial charge in [0.25, 0.3) is 5.91 Å². The van der Waals surface area contributed by atoms with Gasteiger partial charge in [-0.1, -0.05) is 11.8 Å². The highest BCUT2D eigenvalue weighted by Crippen LogP contribution is 2.36. The molecule has 28 heavy (non-hydrogen) atoms. The summed E-state index contributed by atoms with van der Waals surface area (Å²) in [6.45, 7) is 3.46. The lowest BCUT2D eigenvalue weighted by molar-refractivity contribution is -0.125. The van der Waals surface area contributed by atoms with Crippen LogP contribution in [0.2, 0.25) is 0 Å². The Morgan fingerprint density at radius 3 is 2.93 bits per heavy atom. The molecule has 0 saturated heterocycles. The number of aromatic amines is 1. The van der Waals surface area contributed by atoms with E-state index in [1.54, 1.807) is 44.6 Å². The van der Waals surface area contributed by atoms with E-state index in [1.807, 2.05) is 10.6 Å². The lowest BCUT2D eigenvalue weighted by Gasteiger charge is -2.15. The van der Waals surface area contributed by atoms with Crippen LogP contribution in [0.3, 0.4) is 0 Å². The average molecular weight is 377 g/mol. The van der Waals surface area contributed by atoms with Crippen LogP contribution in [0.25, 0.3) is 22.6 Å². The summed E-state index contributed by atoms with van der Waals surface area (Å²) >= 11 is 0. The molecular weight excluding hydrogens is 358 g/mol. The number of ether oxygens (including phenoxy) is 1. The Balaban J connectivity index is 1.88. The summed E-state index contributed by atoms with van der Waals surface area (Å²) in [5, 5.41) is 16.6. The number of nitrogens with zero attached hydrogens (tertiary/aromatic N) is 3. The smallest absolute Gasteiger partial charge is 0.260 e. The molecule has 0 spiro atoms. The van der Waals surface area contributed by atoms with Gasteiger partial charge in [0.2, 0.25) is 0 Å². The van der Waals surface area contributed by atoms with Gasteiger partial charge in [-0.25, -0.2) is 4.98 Å². The van der Waals surface area contributed by atoms with Crippen LogP contribution in [0.5, 0.6) is 5.75 Å². The molecule has 3 heterocycles. The first-order valence-electron chi connectivity index (χ1n) is 8.72. The first-order chi connectivity index (χ1) is 13.3. The number of carbonyl (C=O) groups excluding carboxylic acids is 1. The number of nitrogens with two attached hydrogens (primary N) is 1. The highest BCUT2D eigenvalue weighted by atomic mass is 16.5. The molecule has 0 saturated carbocycles. The van der Waals surface area contributed by atoms with E-state index < -0.39 is 17.6 Å². The summed E-state index contributed by atoms with van der Waals surface area (Å²) in [4.78, 5) is 16.5. The van der Waals surface area contributed by atoms with Crippen LogP contribution in [0.1, 0.15) is 19.4 Å². The molecule has 1 aromatic carbocycles. The number of hydrogen-bond acceptors (Lipinski definition) is 5. The second kappa shape index (κ2) is 6.55. The Morgan fingerprint density at radius 1 is 1.43 bits per heavy atom. The summed E-state index contributed by atoms with van der Waals surface area (Å²) < 4.78 is 7.76. The summed E-state index contributed by atoms with van der Waals surface area (Å²) in [5.74, 6) is 6.33. The van der Waals surface area contributed by atoms with Crippen molar-refractivity contribution >= 4 is 5.91 Å². The number of imidazole rings is 1. The van der Waals surface area contributed by atoms with Crippen LogP contribution in [0.4, 0.5) is 0 Å². The largest absolute Gasteiger partial charge is 0.478 e. The number of nitrogens with one attached hydrogen (secondary N) is 1. The predicted molar refractivity (Wildman–Crippen MR) is 102 cm³/mol. The minimum Gasteiger partial charge on any atom is -0.478 e. The van der Waals surface area contributed by atoms with E-state index in [4.69, 9.17) is 10.5 Å². The van der Waals surface area contributed by atoms with Crippen LogP contribution < -0.4 is 10.5 Å². The Kier molecular flexibility index (Phi) is 4.17. The van der Waals surface area contributed by atoms with Crippen molar-refractivity contribution in [3.63, 3.8) is 0 Å². The molecule has 1 aliphatic heterocycles. The minimum atomic E-state index is -1.10. The minimum absolute atomic E-state index is 0.227. The molecular formula is C20H19N5O3. The maximum atomic E-state index is 11.9. The number of H-pyrrole nitrogens is 1. The molecule has 0 aliphatic carbocycles. The zero-order valence-corrected chi connectivity index (χ0v) is 15.4. The topological polar surface area (TPSA) is 119 Å². The number of aliphatic hydroxyl groups is 1. The van der Waals surface area contributed by atoms with Crippen molar-refractivity contribution in [3.8, 4) is 40.2 Å². The fourth-order valence-corrected chi connectivity index (χ4v) is 3.01. The highest BCUT2D eigenvalue weighted by Gasteiger charge is 2.29. The number of aromatic nitrogens is 4. The third kappa shape index (κ3) is 3.35. The maximum absolute atomic E-state index is 11.9. The van der Waals surface area contributed by atoms with Crippen LogP contribution in [0.15, 0.2) is 36.8 Å². The molecule has 0 bridgehead atoms. The van der Waals surface area contributed by atoms with Crippen molar-refractivity contribution in [2.24, 2.45) is 5.73 Å². The van der Waals surface area contributed by atoms with Gasteiger partial charge in [-0.3, -0.25) is 9.89 Å². The van der Waals surface area contributed by atoms with E-state index in [9.17, 15) is 9.90 Å². The van der Waals surface area contributed by atoms with Gasteiger partial charge in [0.05, 0.1) is 30.2 Å². The summed E-state index contributed by atoms with van der Waals surface area (Å²) in [6, 6.07) is 5.34. The molecule has 0 fully saturated rings. The third-order valence-electron chi connectivity index (χ3n) is 4.32. The third-order valence-corrected chi connectivity index (χ3v) is 4.32. The number of rotatable bonds is 2. The number of carbonyl (C=O) groups is 1. The second-order valence-corrected chi connectivity index (χ2v) is 7.09. The van der Waals surface area contributed by atoms with E-state index in [0.29, 0.717) is 22.7 Å². The summed E-state index contributed by atoms with van der Waals surface area (Å²) in [7, 11) is 0. The fourth-order valence-electron chi connectivity index (χ4n) is 3.01. The standard InChI is InChI=1S/C20H19N5O3/c1-20(2,27)6-5-12-3-4-16-14(7-12)19-22-10-15(13-8-23-24-9-13)25(19)11-17(28-16)18(21)26/h3-4,7-10,17,27H,11H2,1-2H3,(H2,21,26)(H,23,24). The normalized spacial score (nSPS) is 15.5. The zero-order valence-electron chi connectivity index (χ0n) is 15.4. The zero-order chi connectivity index (χ0) is 19.9. The molecule has 1 amide bonds. The van der Waals surface area contributed by atoms with E-state index in [0.717, 1.165) is 11.3 Å². The molecule has 3 aromatic rings. The monoisotopic (exact) mass is 377 g/mol. The van der Waals surface area contributed by atoms with Crippen molar-refractivity contribution < 1.29 is 14.6 Å². The van der Waals surface area contributed by atoms with Gasteiger partial charge in [0.15, 0.2) is 6.10 Å². The van der Waals surface area contributed by atoms with Crippen molar-refractivity contribution in [3.05, 3.63) is 42.4 Å². The van der Waals surface area contributed by atoms with E-state index in [2.05, 4.69) is 27.0 Å². The van der Waals surface area contributed by atoms with Gasteiger partial charge in [-0.05, 0) is 32.0 Å². The van der Waals surface area contributed by atoms with Crippen LogP contribution in [-0.2, 0) is 11.3 Å². The number of benzene rings is 1. The van der Waals surface area contributed by atoms with Crippen molar-refractivity contribution in [1.29, 1.82) is 0 Å². The number of primary amides is 1. The average Bonchev–Trinajstić information content (AvgIpc) is 3.26. The molecule has 8 nitrogen and oxygen atoms in total. The first kappa shape index (κ1) is 17.8. The van der Waals surface area contributed by atoms with Gasteiger partial charge in [0.1, 0.15) is 17.2 Å². The van der Waals surface area contributed by atoms with Gasteiger partial charge in [0, 0.05) is 17.3 Å².